The molecule has 0 saturated carbocycles. The first-order valence-corrected chi connectivity index (χ1v) is 3.02. The number of hydrogen-bond acceptors (Lipinski definition) is 1. The molecule has 0 rings (SSSR count). The highest BCUT2D eigenvalue weighted by atomic mass is 35.5. The summed E-state index contributed by atoms with van der Waals surface area (Å²) in [4.78, 5) is 0. The Labute approximate surface area is 50.2 Å². The van der Waals surface area contributed by atoms with Gasteiger partial charge in [0.15, 0.2) is 0 Å². The molecule has 0 aliphatic rings. The lowest BCUT2D eigenvalue weighted by Crippen LogP contribution is -2.05. The first-order chi connectivity index (χ1) is 3.31. The summed E-state index contributed by atoms with van der Waals surface area (Å²) in [5.74, 6) is 0. The highest BCUT2D eigenvalue weighted by molar-refractivity contribution is 6.89. The van der Waals surface area contributed by atoms with Gasteiger partial charge in [-0.3, -0.25) is 0 Å². The van der Waals surface area contributed by atoms with E-state index < -0.39 is 0 Å². The van der Waals surface area contributed by atoms with Crippen LogP contribution < -0.4 is 0 Å². The second-order valence-electron chi connectivity index (χ2n) is 1.49. The molecule has 0 aromatic carbocycles. The molecule has 3 heteroatoms. The fraction of sp³-hybridized carbons (Fsp3) is 1.00. The summed E-state index contributed by atoms with van der Waals surface area (Å²) in [5, 5.41) is 0. The molecule has 0 fully saturated rings. The molecule has 7 heavy (non-hydrogen) atoms. The Balaban J connectivity index is 2.83. The number of halogens is 1. The molecule has 0 aliphatic carbocycles. The molecule has 0 aromatic rings. The molecule has 0 amide bonds. The van der Waals surface area contributed by atoms with Crippen molar-refractivity contribution in [2.45, 2.75) is 26.4 Å². The van der Waals surface area contributed by atoms with Gasteiger partial charge in [0.2, 0.25) is 0 Å². The average Bonchev–Trinajstić information content (AvgIpc) is 1.68. The molecule has 1 atom stereocenters. The lowest BCUT2D eigenvalue weighted by Gasteiger charge is -2.04. The largest absolute Gasteiger partial charge is 0.422 e. The van der Waals surface area contributed by atoms with E-state index in [2.05, 4.69) is 6.92 Å². The molecule has 0 N–H and O–H groups in total. The van der Waals surface area contributed by atoms with Crippen LogP contribution in [-0.4, -0.2) is 13.0 Å². The monoisotopic (exact) mass is 120 g/mol. The second kappa shape index (κ2) is 4.47. The molecule has 0 aliphatic heterocycles. The van der Waals surface area contributed by atoms with E-state index in [0.29, 0.717) is 13.0 Å². The third-order valence-electron chi connectivity index (χ3n) is 0.922. The van der Waals surface area contributed by atoms with Crippen molar-refractivity contribution in [3.63, 3.8) is 0 Å². The Morgan fingerprint density at radius 1 is 1.86 bits per heavy atom. The maximum Gasteiger partial charge on any atom is 0.380 e. The highest BCUT2D eigenvalue weighted by Gasteiger charge is 1.94. The highest BCUT2D eigenvalue weighted by Crippen LogP contribution is 1.93. The molecule has 1 nitrogen and oxygen atoms in total. The minimum atomic E-state index is 0.314. The van der Waals surface area contributed by atoms with E-state index in [0.717, 1.165) is 6.42 Å². The summed E-state index contributed by atoms with van der Waals surface area (Å²) >= 11 is 5.25. The van der Waals surface area contributed by atoms with E-state index in [1.54, 1.807) is 0 Å². The van der Waals surface area contributed by atoms with Gasteiger partial charge in [0.25, 0.3) is 0 Å². The van der Waals surface area contributed by atoms with Gasteiger partial charge in [-0.15, -0.1) is 0 Å². The van der Waals surface area contributed by atoms with Crippen molar-refractivity contribution in [1.29, 1.82) is 0 Å². The first kappa shape index (κ1) is 7.31. The van der Waals surface area contributed by atoms with Crippen LogP contribution in [0, 0.1) is 0 Å². The molecule has 0 spiro atoms. The first-order valence-electron chi connectivity index (χ1n) is 2.48. The van der Waals surface area contributed by atoms with Gasteiger partial charge < -0.3 is 4.65 Å². The lowest BCUT2D eigenvalue weighted by molar-refractivity contribution is 0.236. The standard InChI is InChI=1S/C4H10BClO/c1-3-4(2)7-5-6/h4-5H,3H2,1-2H3. The van der Waals surface area contributed by atoms with E-state index in [1.165, 1.54) is 0 Å². The Bertz CT molecular complexity index is 42.7. The quantitative estimate of drug-likeness (QED) is 0.510. The fourth-order valence-electron chi connectivity index (χ4n) is 0.225. The van der Waals surface area contributed by atoms with Crippen molar-refractivity contribution in [2.24, 2.45) is 0 Å². The van der Waals surface area contributed by atoms with Crippen LogP contribution in [0.15, 0.2) is 0 Å². The van der Waals surface area contributed by atoms with Crippen LogP contribution in [0.5, 0.6) is 0 Å². The molecule has 0 bridgehead atoms. The molecule has 0 radical (unpaired) electrons. The predicted molar refractivity (Wildman–Crippen MR) is 33.8 cm³/mol. The smallest absolute Gasteiger partial charge is 0.380 e. The van der Waals surface area contributed by atoms with Crippen molar-refractivity contribution in [2.75, 3.05) is 0 Å². The maximum absolute atomic E-state index is 5.25. The van der Waals surface area contributed by atoms with Crippen LogP contribution in [0.3, 0.4) is 0 Å². The minimum Gasteiger partial charge on any atom is -0.422 e. The Morgan fingerprint density at radius 2 is 2.43 bits per heavy atom. The van der Waals surface area contributed by atoms with Crippen LogP contribution in [0.1, 0.15) is 20.3 Å². The van der Waals surface area contributed by atoms with Gasteiger partial charge in [0.05, 0.1) is 0 Å². The van der Waals surface area contributed by atoms with E-state index in [4.69, 9.17) is 16.1 Å². The van der Waals surface area contributed by atoms with E-state index in [-0.39, 0.29) is 0 Å². The second-order valence-corrected chi connectivity index (χ2v) is 1.71. The Hall–Kier alpha value is 0.315. The summed E-state index contributed by atoms with van der Waals surface area (Å²) in [5.41, 5.74) is 0. The third-order valence-corrected chi connectivity index (χ3v) is 1.05. The topological polar surface area (TPSA) is 9.23 Å². The summed E-state index contributed by atoms with van der Waals surface area (Å²) in [6, 6.07) is 0. The third kappa shape index (κ3) is 4.16. The average molecular weight is 120 g/mol. The zero-order valence-electron chi connectivity index (χ0n) is 4.78. The summed E-state index contributed by atoms with van der Waals surface area (Å²) < 4.78 is 4.96. The normalized spacial score (nSPS) is 13.6. The van der Waals surface area contributed by atoms with Crippen LogP contribution in [0.25, 0.3) is 0 Å². The maximum atomic E-state index is 5.25. The van der Waals surface area contributed by atoms with Crippen LogP contribution in [0.4, 0.5) is 0 Å². The summed E-state index contributed by atoms with van der Waals surface area (Å²) in [6.45, 7) is 4.38. The number of hydrogen-bond donors (Lipinski definition) is 0. The van der Waals surface area contributed by atoms with Crippen molar-refractivity contribution in [3.05, 3.63) is 0 Å². The van der Waals surface area contributed by atoms with Crippen molar-refractivity contribution in [3.8, 4) is 0 Å². The van der Waals surface area contributed by atoms with E-state index in [1.807, 2.05) is 6.92 Å². The molecule has 42 valence electrons. The van der Waals surface area contributed by atoms with Gasteiger partial charge in [-0.05, 0) is 13.3 Å². The zero-order chi connectivity index (χ0) is 5.70. The fourth-order valence-corrected chi connectivity index (χ4v) is 0.440. The van der Waals surface area contributed by atoms with Gasteiger partial charge in [-0.2, -0.15) is 11.5 Å². The lowest BCUT2D eigenvalue weighted by atomic mass is 10.3. The molecule has 0 heterocycles. The zero-order valence-corrected chi connectivity index (χ0v) is 5.53. The van der Waals surface area contributed by atoms with Crippen LogP contribution in [0.2, 0.25) is 0 Å². The van der Waals surface area contributed by atoms with Crippen molar-refractivity contribution < 1.29 is 4.65 Å². The molecule has 0 aromatic heterocycles. The van der Waals surface area contributed by atoms with Gasteiger partial charge in [0, 0.05) is 6.10 Å². The number of rotatable bonds is 3. The van der Waals surface area contributed by atoms with Crippen LogP contribution >= 0.6 is 11.5 Å². The van der Waals surface area contributed by atoms with E-state index in [9.17, 15) is 0 Å². The van der Waals surface area contributed by atoms with Crippen molar-refractivity contribution in [1.82, 2.24) is 0 Å². The summed E-state index contributed by atoms with van der Waals surface area (Å²) in [7, 11) is 0. The minimum absolute atomic E-state index is 0.314. The van der Waals surface area contributed by atoms with E-state index >= 15 is 0 Å². The molecular weight excluding hydrogens is 110 g/mol. The molecular formula is C4H10BClO. The van der Waals surface area contributed by atoms with Gasteiger partial charge in [-0.1, -0.05) is 6.92 Å². The van der Waals surface area contributed by atoms with Crippen LogP contribution in [-0.2, 0) is 4.65 Å². The SMILES string of the molecule is CCC(C)OBCl. The van der Waals surface area contributed by atoms with Crippen molar-refractivity contribution >= 4 is 18.4 Å². The molecule has 0 saturated heterocycles. The van der Waals surface area contributed by atoms with Gasteiger partial charge >= 0.3 is 6.90 Å². The van der Waals surface area contributed by atoms with Gasteiger partial charge in [0.1, 0.15) is 0 Å². The molecule has 1 unspecified atom stereocenters. The Kier molecular flexibility index (Phi) is 4.67. The summed E-state index contributed by atoms with van der Waals surface area (Å²) in [6.07, 6.45) is 1.35. The van der Waals surface area contributed by atoms with Gasteiger partial charge in [-0.25, -0.2) is 0 Å². The predicted octanol–water partition coefficient (Wildman–Crippen LogP) is 1.31. The Morgan fingerprint density at radius 3 is 2.57 bits per heavy atom.